The number of fused-ring (bicyclic) bond motifs is 1. The number of nitrogens with two attached hydrogens (primary N) is 1. The second-order valence-corrected chi connectivity index (χ2v) is 6.21. The molecule has 1 aliphatic rings. The molecule has 1 heterocycles. The molecular weight excluding hydrogens is 256 g/mol. The molecule has 0 spiro atoms. The molecule has 0 saturated heterocycles. The molecule has 2 heteroatoms. The standard InChI is InChI=1S/C19H24N2/c1-14-10-15(2)12-17(11-14)18(20)13-21-9-5-7-16-6-3-4-8-19(16)21/h3-4,6,8,10-12,18H,5,7,9,13,20H2,1-2H3. The zero-order valence-corrected chi connectivity index (χ0v) is 13.0. The number of hydrogen-bond acceptors (Lipinski definition) is 2. The largest absolute Gasteiger partial charge is 0.369 e. The van der Waals surface area contributed by atoms with Crippen molar-refractivity contribution in [1.82, 2.24) is 0 Å². The first kappa shape index (κ1) is 14.2. The highest BCUT2D eigenvalue weighted by atomic mass is 15.1. The van der Waals surface area contributed by atoms with Crippen molar-refractivity contribution in [3.05, 3.63) is 64.7 Å². The fourth-order valence-corrected chi connectivity index (χ4v) is 3.37. The van der Waals surface area contributed by atoms with Crippen molar-refractivity contribution in [1.29, 1.82) is 0 Å². The molecule has 0 saturated carbocycles. The molecule has 2 aromatic carbocycles. The van der Waals surface area contributed by atoms with E-state index in [2.05, 4.69) is 61.2 Å². The molecule has 2 nitrogen and oxygen atoms in total. The van der Waals surface area contributed by atoms with Crippen LogP contribution in [0, 0.1) is 13.8 Å². The maximum atomic E-state index is 6.48. The first-order chi connectivity index (χ1) is 10.1. The van der Waals surface area contributed by atoms with Crippen LogP contribution in [0.3, 0.4) is 0 Å². The lowest BCUT2D eigenvalue weighted by molar-refractivity contribution is 0.625. The van der Waals surface area contributed by atoms with Crippen molar-refractivity contribution in [3.8, 4) is 0 Å². The smallest absolute Gasteiger partial charge is 0.0473 e. The first-order valence-corrected chi connectivity index (χ1v) is 7.80. The lowest BCUT2D eigenvalue weighted by Gasteiger charge is -2.33. The number of rotatable bonds is 3. The number of aryl methyl sites for hydroxylation is 3. The molecular formula is C19H24N2. The van der Waals surface area contributed by atoms with Gasteiger partial charge in [-0.2, -0.15) is 0 Å². The third kappa shape index (κ3) is 3.11. The number of anilines is 1. The Balaban J connectivity index is 1.81. The minimum atomic E-state index is 0.0646. The summed E-state index contributed by atoms with van der Waals surface area (Å²) in [5, 5.41) is 0. The molecule has 0 amide bonds. The molecule has 0 fully saturated rings. The predicted octanol–water partition coefficient (Wildman–Crippen LogP) is 3.76. The van der Waals surface area contributed by atoms with Gasteiger partial charge in [0.2, 0.25) is 0 Å². The van der Waals surface area contributed by atoms with E-state index in [0.29, 0.717) is 0 Å². The topological polar surface area (TPSA) is 29.3 Å². The monoisotopic (exact) mass is 280 g/mol. The summed E-state index contributed by atoms with van der Waals surface area (Å²) >= 11 is 0. The van der Waals surface area contributed by atoms with Crippen molar-refractivity contribution in [2.24, 2.45) is 5.73 Å². The second kappa shape index (κ2) is 5.90. The maximum Gasteiger partial charge on any atom is 0.0473 e. The second-order valence-electron chi connectivity index (χ2n) is 6.21. The van der Waals surface area contributed by atoms with Crippen molar-refractivity contribution in [2.75, 3.05) is 18.0 Å². The summed E-state index contributed by atoms with van der Waals surface area (Å²) in [4.78, 5) is 2.45. The van der Waals surface area contributed by atoms with Gasteiger partial charge in [0.05, 0.1) is 0 Å². The van der Waals surface area contributed by atoms with Gasteiger partial charge in [-0.15, -0.1) is 0 Å². The van der Waals surface area contributed by atoms with E-state index in [1.54, 1.807) is 0 Å². The van der Waals surface area contributed by atoms with Crippen LogP contribution in [0.1, 0.15) is 34.7 Å². The van der Waals surface area contributed by atoms with Gasteiger partial charge < -0.3 is 10.6 Å². The van der Waals surface area contributed by atoms with Crippen LogP contribution in [0.5, 0.6) is 0 Å². The van der Waals surface area contributed by atoms with Crippen molar-refractivity contribution in [2.45, 2.75) is 32.7 Å². The molecule has 2 aromatic rings. The van der Waals surface area contributed by atoms with Crippen LogP contribution in [0.4, 0.5) is 5.69 Å². The van der Waals surface area contributed by atoms with Crippen LogP contribution >= 0.6 is 0 Å². The van der Waals surface area contributed by atoms with Gasteiger partial charge in [0.15, 0.2) is 0 Å². The first-order valence-electron chi connectivity index (χ1n) is 7.80. The maximum absolute atomic E-state index is 6.48. The summed E-state index contributed by atoms with van der Waals surface area (Å²) in [5.74, 6) is 0. The van der Waals surface area contributed by atoms with Crippen molar-refractivity contribution < 1.29 is 0 Å². The van der Waals surface area contributed by atoms with E-state index in [1.165, 1.54) is 40.8 Å². The summed E-state index contributed by atoms with van der Waals surface area (Å²) in [6, 6.07) is 15.4. The van der Waals surface area contributed by atoms with E-state index in [0.717, 1.165) is 13.1 Å². The number of nitrogens with zero attached hydrogens (tertiary/aromatic N) is 1. The molecule has 0 bridgehead atoms. The van der Waals surface area contributed by atoms with E-state index in [1.807, 2.05) is 0 Å². The lowest BCUT2D eigenvalue weighted by Crippen LogP contribution is -2.36. The van der Waals surface area contributed by atoms with E-state index in [-0.39, 0.29) is 6.04 Å². The predicted molar refractivity (Wildman–Crippen MR) is 89.8 cm³/mol. The number of benzene rings is 2. The Labute approximate surface area is 127 Å². The molecule has 1 aliphatic heterocycles. The molecule has 1 atom stereocenters. The minimum absolute atomic E-state index is 0.0646. The summed E-state index contributed by atoms with van der Waals surface area (Å²) in [6.45, 7) is 6.27. The zero-order valence-electron chi connectivity index (χ0n) is 13.0. The minimum Gasteiger partial charge on any atom is -0.369 e. The van der Waals surface area contributed by atoms with Crippen LogP contribution in [0.25, 0.3) is 0 Å². The Morgan fingerprint density at radius 2 is 1.81 bits per heavy atom. The van der Waals surface area contributed by atoms with Gasteiger partial charge in [-0.25, -0.2) is 0 Å². The SMILES string of the molecule is Cc1cc(C)cc(C(N)CN2CCCc3ccccc32)c1. The third-order valence-corrected chi connectivity index (χ3v) is 4.30. The molecule has 110 valence electrons. The zero-order chi connectivity index (χ0) is 14.8. The number of hydrogen-bond donors (Lipinski definition) is 1. The van der Waals surface area contributed by atoms with E-state index >= 15 is 0 Å². The highest BCUT2D eigenvalue weighted by molar-refractivity contribution is 5.55. The van der Waals surface area contributed by atoms with Crippen LogP contribution in [0.2, 0.25) is 0 Å². The van der Waals surface area contributed by atoms with Gasteiger partial charge in [0.1, 0.15) is 0 Å². The molecule has 1 unspecified atom stereocenters. The summed E-state index contributed by atoms with van der Waals surface area (Å²) in [6.07, 6.45) is 2.40. The van der Waals surface area contributed by atoms with Gasteiger partial charge >= 0.3 is 0 Å². The summed E-state index contributed by atoms with van der Waals surface area (Å²) < 4.78 is 0. The average molecular weight is 280 g/mol. The van der Waals surface area contributed by atoms with Gasteiger partial charge in [0, 0.05) is 24.8 Å². The molecule has 2 N–H and O–H groups in total. The lowest BCUT2D eigenvalue weighted by atomic mass is 9.98. The van der Waals surface area contributed by atoms with Gasteiger partial charge in [-0.3, -0.25) is 0 Å². The average Bonchev–Trinajstić information content (AvgIpc) is 2.46. The van der Waals surface area contributed by atoms with E-state index in [4.69, 9.17) is 5.73 Å². The molecule has 0 aromatic heterocycles. The Bertz CT molecular complexity index is 613. The summed E-state index contributed by atoms with van der Waals surface area (Å²) in [7, 11) is 0. The highest BCUT2D eigenvalue weighted by Crippen LogP contribution is 2.28. The van der Waals surface area contributed by atoms with Gasteiger partial charge in [-0.1, -0.05) is 47.5 Å². The van der Waals surface area contributed by atoms with Gasteiger partial charge in [-0.05, 0) is 43.9 Å². The van der Waals surface area contributed by atoms with Crippen molar-refractivity contribution in [3.63, 3.8) is 0 Å². The molecule has 0 aliphatic carbocycles. The van der Waals surface area contributed by atoms with E-state index < -0.39 is 0 Å². The van der Waals surface area contributed by atoms with Crippen LogP contribution in [-0.4, -0.2) is 13.1 Å². The molecule has 21 heavy (non-hydrogen) atoms. The van der Waals surface area contributed by atoms with E-state index in [9.17, 15) is 0 Å². The van der Waals surface area contributed by atoms with Crippen LogP contribution in [-0.2, 0) is 6.42 Å². The molecule has 3 rings (SSSR count). The van der Waals surface area contributed by atoms with Crippen LogP contribution in [0.15, 0.2) is 42.5 Å². The summed E-state index contributed by atoms with van der Waals surface area (Å²) in [5.41, 5.74) is 13.1. The van der Waals surface area contributed by atoms with Crippen molar-refractivity contribution >= 4 is 5.69 Å². The molecule has 0 radical (unpaired) electrons. The van der Waals surface area contributed by atoms with Gasteiger partial charge in [0.25, 0.3) is 0 Å². The third-order valence-electron chi connectivity index (χ3n) is 4.30. The highest BCUT2D eigenvalue weighted by Gasteiger charge is 2.19. The Morgan fingerprint density at radius 1 is 1.10 bits per heavy atom. The Kier molecular flexibility index (Phi) is 3.98. The quantitative estimate of drug-likeness (QED) is 0.927. The number of para-hydroxylation sites is 1. The normalized spacial score (nSPS) is 15.7. The fourth-order valence-electron chi connectivity index (χ4n) is 3.37. The fraction of sp³-hybridized carbons (Fsp3) is 0.368. The Morgan fingerprint density at radius 3 is 2.57 bits per heavy atom. The Hall–Kier alpha value is -1.80. The van der Waals surface area contributed by atoms with Crippen LogP contribution < -0.4 is 10.6 Å².